The third-order valence-electron chi connectivity index (χ3n) is 3.73. The van der Waals surface area contributed by atoms with Gasteiger partial charge >= 0.3 is 0 Å². The van der Waals surface area contributed by atoms with Gasteiger partial charge in [-0.15, -0.1) is 0 Å². The van der Waals surface area contributed by atoms with Crippen LogP contribution in [0.2, 0.25) is 0 Å². The maximum atomic E-state index is 10.4. The Morgan fingerprint density at radius 3 is 2.71 bits per heavy atom. The summed E-state index contributed by atoms with van der Waals surface area (Å²) in [6.45, 7) is 2.06. The molecule has 3 aromatic rings. The Morgan fingerprint density at radius 2 is 1.95 bits per heavy atom. The van der Waals surface area contributed by atoms with Crippen LogP contribution in [0.3, 0.4) is 0 Å². The molecule has 1 N–H and O–H groups in total. The second kappa shape index (κ2) is 5.66. The summed E-state index contributed by atoms with van der Waals surface area (Å²) in [4.78, 5) is 4.61. The normalized spacial score (nSPS) is 12.7. The van der Waals surface area contributed by atoms with Gasteiger partial charge in [-0.05, 0) is 24.6 Å². The topological polar surface area (TPSA) is 50.9 Å². The molecule has 1 unspecified atom stereocenters. The molecule has 0 amide bonds. The van der Waals surface area contributed by atoms with Crippen LogP contribution in [0.25, 0.3) is 10.9 Å². The van der Waals surface area contributed by atoms with E-state index in [0.717, 1.165) is 34.4 Å². The molecule has 4 nitrogen and oxygen atoms in total. The van der Waals surface area contributed by atoms with Crippen molar-refractivity contribution >= 4 is 10.9 Å². The van der Waals surface area contributed by atoms with Crippen LogP contribution in [0.4, 0.5) is 0 Å². The number of benzene rings is 1. The molecule has 1 atom stereocenters. The Bertz CT molecular complexity index is 764. The highest BCUT2D eigenvalue weighted by molar-refractivity contribution is 5.78. The van der Waals surface area contributed by atoms with Crippen molar-refractivity contribution in [2.75, 3.05) is 0 Å². The van der Waals surface area contributed by atoms with Crippen LogP contribution in [-0.4, -0.2) is 19.9 Å². The van der Waals surface area contributed by atoms with Crippen LogP contribution in [0.15, 0.2) is 42.5 Å². The van der Waals surface area contributed by atoms with Crippen molar-refractivity contribution < 1.29 is 5.11 Å². The third kappa shape index (κ3) is 2.81. The largest absolute Gasteiger partial charge is 0.386 e. The van der Waals surface area contributed by atoms with Crippen LogP contribution >= 0.6 is 0 Å². The van der Waals surface area contributed by atoms with Crippen molar-refractivity contribution in [3.8, 4) is 0 Å². The van der Waals surface area contributed by atoms with Crippen molar-refractivity contribution in [3.63, 3.8) is 0 Å². The van der Waals surface area contributed by atoms with Gasteiger partial charge in [-0.1, -0.05) is 31.2 Å². The highest BCUT2D eigenvalue weighted by Crippen LogP contribution is 2.20. The van der Waals surface area contributed by atoms with Gasteiger partial charge in [-0.2, -0.15) is 5.10 Å². The van der Waals surface area contributed by atoms with Crippen molar-refractivity contribution in [2.45, 2.75) is 25.9 Å². The first-order valence-corrected chi connectivity index (χ1v) is 7.23. The van der Waals surface area contributed by atoms with E-state index in [1.807, 2.05) is 49.5 Å². The fourth-order valence-corrected chi connectivity index (χ4v) is 2.55. The molecule has 1 aromatic carbocycles. The Kier molecular flexibility index (Phi) is 3.71. The lowest BCUT2D eigenvalue weighted by atomic mass is 10.1. The summed E-state index contributed by atoms with van der Waals surface area (Å²) in [5.74, 6) is 0. The molecule has 0 spiro atoms. The van der Waals surface area contributed by atoms with Gasteiger partial charge in [0, 0.05) is 24.5 Å². The molecule has 0 bridgehead atoms. The number of pyridine rings is 1. The first-order chi connectivity index (χ1) is 10.2. The minimum atomic E-state index is -0.587. The molecule has 0 aliphatic rings. The maximum absolute atomic E-state index is 10.4. The number of para-hydroxylation sites is 1. The lowest BCUT2D eigenvalue weighted by Gasteiger charge is -2.11. The van der Waals surface area contributed by atoms with E-state index in [4.69, 9.17) is 0 Å². The van der Waals surface area contributed by atoms with Gasteiger partial charge in [0.15, 0.2) is 0 Å². The van der Waals surface area contributed by atoms with E-state index in [1.165, 1.54) is 0 Å². The molecular formula is C17H19N3O. The summed E-state index contributed by atoms with van der Waals surface area (Å²) in [5, 5.41) is 15.9. The summed E-state index contributed by atoms with van der Waals surface area (Å²) >= 11 is 0. The van der Waals surface area contributed by atoms with Gasteiger partial charge in [0.25, 0.3) is 0 Å². The molecule has 21 heavy (non-hydrogen) atoms. The molecule has 0 fully saturated rings. The van der Waals surface area contributed by atoms with Crippen LogP contribution < -0.4 is 0 Å². The van der Waals surface area contributed by atoms with E-state index in [-0.39, 0.29) is 0 Å². The molecule has 0 saturated heterocycles. The number of aromatic nitrogens is 3. The molecule has 4 heteroatoms. The number of fused-ring (bicyclic) bond motifs is 1. The molecule has 2 heterocycles. The van der Waals surface area contributed by atoms with Gasteiger partial charge in [0.05, 0.1) is 16.9 Å². The summed E-state index contributed by atoms with van der Waals surface area (Å²) < 4.78 is 1.75. The Balaban J connectivity index is 1.85. The number of rotatable bonds is 4. The highest BCUT2D eigenvalue weighted by atomic mass is 16.3. The van der Waals surface area contributed by atoms with E-state index in [0.29, 0.717) is 6.42 Å². The third-order valence-corrected chi connectivity index (χ3v) is 3.73. The molecular weight excluding hydrogens is 262 g/mol. The van der Waals surface area contributed by atoms with Gasteiger partial charge in [-0.3, -0.25) is 9.67 Å². The van der Waals surface area contributed by atoms with Crippen molar-refractivity contribution in [3.05, 3.63) is 59.5 Å². The van der Waals surface area contributed by atoms with Gasteiger partial charge < -0.3 is 5.11 Å². The van der Waals surface area contributed by atoms with E-state index < -0.39 is 6.10 Å². The molecule has 0 aliphatic carbocycles. The SMILES string of the molecule is CCc1cc(C(O)Cc2ccc3ccccc3n2)n(C)n1. The van der Waals surface area contributed by atoms with E-state index >= 15 is 0 Å². The number of aryl methyl sites for hydroxylation is 2. The van der Waals surface area contributed by atoms with Crippen molar-refractivity contribution in [1.82, 2.24) is 14.8 Å². The Labute approximate surface area is 124 Å². The van der Waals surface area contributed by atoms with Crippen molar-refractivity contribution in [1.29, 1.82) is 0 Å². The predicted molar refractivity (Wildman–Crippen MR) is 83.0 cm³/mol. The smallest absolute Gasteiger partial charge is 0.101 e. The van der Waals surface area contributed by atoms with Crippen LogP contribution in [0, 0.1) is 0 Å². The lowest BCUT2D eigenvalue weighted by Crippen LogP contribution is -2.08. The first-order valence-electron chi connectivity index (χ1n) is 7.23. The summed E-state index contributed by atoms with van der Waals surface area (Å²) in [6.07, 6.45) is 0.777. The molecule has 0 saturated carbocycles. The predicted octanol–water partition coefficient (Wildman–Crippen LogP) is 2.81. The fourth-order valence-electron chi connectivity index (χ4n) is 2.55. The monoisotopic (exact) mass is 281 g/mol. The zero-order valence-corrected chi connectivity index (χ0v) is 12.3. The van der Waals surface area contributed by atoms with E-state index in [2.05, 4.69) is 17.0 Å². The van der Waals surface area contributed by atoms with E-state index in [1.54, 1.807) is 4.68 Å². The summed E-state index contributed by atoms with van der Waals surface area (Å²) in [5.41, 5.74) is 3.68. The molecule has 0 radical (unpaired) electrons. The average Bonchev–Trinajstić information content (AvgIpc) is 2.88. The molecule has 2 aromatic heterocycles. The van der Waals surface area contributed by atoms with E-state index in [9.17, 15) is 5.11 Å². The van der Waals surface area contributed by atoms with Crippen molar-refractivity contribution in [2.24, 2.45) is 7.05 Å². The Hall–Kier alpha value is -2.20. The number of aliphatic hydroxyl groups is 1. The van der Waals surface area contributed by atoms with Crippen LogP contribution in [0.5, 0.6) is 0 Å². The maximum Gasteiger partial charge on any atom is 0.101 e. The van der Waals surface area contributed by atoms with Crippen LogP contribution in [-0.2, 0) is 19.9 Å². The zero-order valence-electron chi connectivity index (χ0n) is 12.3. The fraction of sp³-hybridized carbons (Fsp3) is 0.294. The lowest BCUT2D eigenvalue weighted by molar-refractivity contribution is 0.167. The number of aliphatic hydroxyl groups excluding tert-OH is 1. The highest BCUT2D eigenvalue weighted by Gasteiger charge is 2.15. The molecule has 3 rings (SSSR count). The summed E-state index contributed by atoms with van der Waals surface area (Å²) in [6, 6.07) is 14.0. The minimum Gasteiger partial charge on any atom is -0.386 e. The molecule has 0 aliphatic heterocycles. The molecule has 108 valence electrons. The standard InChI is InChI=1S/C17H19N3O/c1-3-13-10-16(20(2)19-13)17(21)11-14-9-8-12-6-4-5-7-15(12)18-14/h4-10,17,21H,3,11H2,1-2H3. The first kappa shape index (κ1) is 13.8. The number of hydrogen-bond acceptors (Lipinski definition) is 3. The quantitative estimate of drug-likeness (QED) is 0.800. The number of hydrogen-bond donors (Lipinski definition) is 1. The Morgan fingerprint density at radius 1 is 1.14 bits per heavy atom. The van der Waals surface area contributed by atoms with Gasteiger partial charge in [0.1, 0.15) is 6.10 Å². The zero-order chi connectivity index (χ0) is 14.8. The van der Waals surface area contributed by atoms with Gasteiger partial charge in [-0.25, -0.2) is 0 Å². The minimum absolute atomic E-state index is 0.494. The second-order valence-electron chi connectivity index (χ2n) is 5.25. The van der Waals surface area contributed by atoms with Crippen LogP contribution in [0.1, 0.15) is 30.1 Å². The second-order valence-corrected chi connectivity index (χ2v) is 5.25. The average molecular weight is 281 g/mol. The van der Waals surface area contributed by atoms with Gasteiger partial charge in [0.2, 0.25) is 0 Å². The number of nitrogens with zero attached hydrogens (tertiary/aromatic N) is 3. The summed E-state index contributed by atoms with van der Waals surface area (Å²) in [7, 11) is 1.87.